The van der Waals surface area contributed by atoms with E-state index in [0.29, 0.717) is 12.5 Å². The van der Waals surface area contributed by atoms with Gasteiger partial charge >= 0.3 is 0 Å². The third-order valence-electron chi connectivity index (χ3n) is 4.96. The van der Waals surface area contributed by atoms with E-state index >= 15 is 0 Å². The minimum Gasteiger partial charge on any atom is -0.474 e. The molecule has 0 amide bonds. The van der Waals surface area contributed by atoms with Crippen LogP contribution in [0.4, 0.5) is 0 Å². The van der Waals surface area contributed by atoms with Crippen LogP contribution in [0.3, 0.4) is 0 Å². The van der Waals surface area contributed by atoms with Gasteiger partial charge in [0.15, 0.2) is 0 Å². The molecule has 1 unspecified atom stereocenters. The van der Waals surface area contributed by atoms with Crippen LogP contribution in [0.15, 0.2) is 55.1 Å². The van der Waals surface area contributed by atoms with Crippen molar-refractivity contribution in [2.24, 2.45) is 0 Å². The molecular formula is C20H25N5O2. The number of allylic oxidation sites excluding steroid dienone is 2. The predicted octanol–water partition coefficient (Wildman–Crippen LogP) is 2.54. The minimum atomic E-state index is -0.613. The van der Waals surface area contributed by atoms with Crippen molar-refractivity contribution in [3.05, 3.63) is 60.7 Å². The zero-order valence-corrected chi connectivity index (χ0v) is 15.5. The van der Waals surface area contributed by atoms with E-state index in [0.717, 1.165) is 37.1 Å². The van der Waals surface area contributed by atoms with E-state index < -0.39 is 5.85 Å². The van der Waals surface area contributed by atoms with Crippen molar-refractivity contribution in [1.82, 2.24) is 25.4 Å². The maximum absolute atomic E-state index is 6.14. The second-order valence-corrected chi connectivity index (χ2v) is 6.67. The van der Waals surface area contributed by atoms with Gasteiger partial charge in [-0.2, -0.15) is 5.10 Å². The fourth-order valence-corrected chi connectivity index (χ4v) is 3.56. The van der Waals surface area contributed by atoms with E-state index in [-0.39, 0.29) is 6.10 Å². The Labute approximate surface area is 159 Å². The molecule has 142 valence electrons. The molecule has 2 aliphatic rings. The zero-order chi connectivity index (χ0) is 18.5. The van der Waals surface area contributed by atoms with Crippen molar-refractivity contribution in [2.45, 2.75) is 31.7 Å². The number of rotatable bonds is 6. The van der Waals surface area contributed by atoms with Crippen LogP contribution in [0.1, 0.15) is 25.3 Å². The van der Waals surface area contributed by atoms with Crippen molar-refractivity contribution < 1.29 is 9.47 Å². The summed E-state index contributed by atoms with van der Waals surface area (Å²) in [7, 11) is 0. The summed E-state index contributed by atoms with van der Waals surface area (Å²) < 4.78 is 12.1. The lowest BCUT2D eigenvalue weighted by atomic mass is 10.0. The number of ether oxygens (including phenoxy) is 2. The van der Waals surface area contributed by atoms with Crippen LogP contribution in [-0.2, 0) is 4.74 Å². The zero-order valence-electron chi connectivity index (χ0n) is 15.5. The summed E-state index contributed by atoms with van der Waals surface area (Å²) in [6.07, 6.45) is 13.7. The van der Waals surface area contributed by atoms with Gasteiger partial charge in [0.2, 0.25) is 11.7 Å². The average molecular weight is 367 g/mol. The van der Waals surface area contributed by atoms with Gasteiger partial charge in [0.25, 0.3) is 0 Å². The second kappa shape index (κ2) is 7.94. The molecule has 0 spiro atoms. The summed E-state index contributed by atoms with van der Waals surface area (Å²) in [6, 6.07) is 5.75. The molecule has 7 nitrogen and oxygen atoms in total. The lowest BCUT2D eigenvalue weighted by molar-refractivity contribution is -0.146. The summed E-state index contributed by atoms with van der Waals surface area (Å²) in [4.78, 5) is 6.59. The molecule has 2 aliphatic heterocycles. The molecule has 2 aromatic heterocycles. The van der Waals surface area contributed by atoms with Gasteiger partial charge in [-0.15, -0.1) is 0 Å². The van der Waals surface area contributed by atoms with Crippen molar-refractivity contribution in [2.75, 3.05) is 19.7 Å². The number of piperidine rings is 1. The molecule has 0 radical (unpaired) electrons. The molecule has 1 atom stereocenters. The van der Waals surface area contributed by atoms with Crippen LogP contribution in [0, 0.1) is 0 Å². The Morgan fingerprint density at radius 1 is 1.30 bits per heavy atom. The molecule has 0 aliphatic carbocycles. The van der Waals surface area contributed by atoms with E-state index in [2.05, 4.69) is 37.6 Å². The minimum absolute atomic E-state index is 0.180. The van der Waals surface area contributed by atoms with Gasteiger partial charge in [0, 0.05) is 55.5 Å². The smallest absolute Gasteiger partial charge is 0.218 e. The Kier molecular flexibility index (Phi) is 5.22. The Balaban J connectivity index is 1.40. The highest BCUT2D eigenvalue weighted by Crippen LogP contribution is 2.28. The molecule has 0 aromatic carbocycles. The molecule has 2 N–H and O–H groups in total. The highest BCUT2D eigenvalue weighted by molar-refractivity contribution is 5.74. The van der Waals surface area contributed by atoms with Crippen LogP contribution < -0.4 is 10.1 Å². The lowest BCUT2D eigenvalue weighted by Gasteiger charge is -2.45. The molecule has 1 saturated heterocycles. The molecule has 7 heteroatoms. The van der Waals surface area contributed by atoms with Gasteiger partial charge in [-0.25, -0.2) is 4.98 Å². The first kappa shape index (κ1) is 17.8. The number of aromatic amines is 1. The molecule has 0 saturated carbocycles. The monoisotopic (exact) mass is 367 g/mol. The van der Waals surface area contributed by atoms with Crippen molar-refractivity contribution in [3.8, 4) is 5.88 Å². The van der Waals surface area contributed by atoms with Crippen LogP contribution in [0.2, 0.25) is 0 Å². The number of H-pyrrole nitrogens is 1. The summed E-state index contributed by atoms with van der Waals surface area (Å²) >= 11 is 0. The topological polar surface area (TPSA) is 75.3 Å². The first-order valence-corrected chi connectivity index (χ1v) is 9.42. The summed E-state index contributed by atoms with van der Waals surface area (Å²) in [5, 5.41) is 10.3. The van der Waals surface area contributed by atoms with Crippen LogP contribution >= 0.6 is 0 Å². The second-order valence-electron chi connectivity index (χ2n) is 6.67. The normalized spacial score (nSPS) is 23.7. The SMILES string of the molecule is CCOC1(N2CCC(Oc3ccccn3)CC2)C=CC(c2cn[nH]c2)=CN1. The third-order valence-corrected chi connectivity index (χ3v) is 4.96. The maximum atomic E-state index is 6.14. The first-order chi connectivity index (χ1) is 13.3. The van der Waals surface area contributed by atoms with Crippen LogP contribution in [0.25, 0.3) is 5.57 Å². The molecule has 0 bridgehead atoms. The Morgan fingerprint density at radius 3 is 2.81 bits per heavy atom. The highest BCUT2D eigenvalue weighted by atomic mass is 16.5. The van der Waals surface area contributed by atoms with E-state index in [1.807, 2.05) is 43.7 Å². The molecule has 1 fully saturated rings. The van der Waals surface area contributed by atoms with Gasteiger partial charge < -0.3 is 14.8 Å². The third kappa shape index (κ3) is 3.89. The van der Waals surface area contributed by atoms with E-state index in [1.165, 1.54) is 0 Å². The fraction of sp³-hybridized carbons (Fsp3) is 0.400. The quantitative estimate of drug-likeness (QED) is 0.817. The number of likely N-dealkylation sites (tertiary alicyclic amines) is 1. The van der Waals surface area contributed by atoms with Crippen LogP contribution in [0.5, 0.6) is 5.88 Å². The van der Waals surface area contributed by atoms with Gasteiger partial charge in [-0.3, -0.25) is 10.00 Å². The number of hydrogen-bond donors (Lipinski definition) is 2. The molecular weight excluding hydrogens is 342 g/mol. The van der Waals surface area contributed by atoms with Crippen molar-refractivity contribution in [1.29, 1.82) is 0 Å². The highest BCUT2D eigenvalue weighted by Gasteiger charge is 2.38. The van der Waals surface area contributed by atoms with Gasteiger partial charge in [0.05, 0.1) is 6.20 Å². The van der Waals surface area contributed by atoms with Crippen LogP contribution in [-0.4, -0.2) is 51.7 Å². The fourth-order valence-electron chi connectivity index (χ4n) is 3.56. The first-order valence-electron chi connectivity index (χ1n) is 9.42. The standard InChI is InChI=1S/C20H25N5O2/c1-2-26-20(9-6-16(13-22-20)17-14-23-24-15-17)25-11-7-18(8-12-25)27-19-5-3-4-10-21-19/h3-6,9-10,13-15,18,22H,2,7-8,11-12H2,1H3,(H,23,24). The number of pyridine rings is 1. The van der Waals surface area contributed by atoms with E-state index in [1.54, 1.807) is 6.20 Å². The lowest BCUT2D eigenvalue weighted by Crippen LogP contribution is -2.61. The molecule has 27 heavy (non-hydrogen) atoms. The molecule has 4 heterocycles. The number of nitrogens with one attached hydrogen (secondary N) is 2. The predicted molar refractivity (Wildman–Crippen MR) is 103 cm³/mol. The van der Waals surface area contributed by atoms with Crippen molar-refractivity contribution >= 4 is 5.57 Å². The molecule has 4 rings (SSSR count). The maximum Gasteiger partial charge on any atom is 0.218 e. The molecule has 2 aromatic rings. The Morgan fingerprint density at radius 2 is 2.19 bits per heavy atom. The number of dihydropyridines is 1. The summed E-state index contributed by atoms with van der Waals surface area (Å²) in [5.41, 5.74) is 2.12. The average Bonchev–Trinajstić information content (AvgIpc) is 3.25. The number of hydrogen-bond acceptors (Lipinski definition) is 6. The van der Waals surface area contributed by atoms with E-state index in [4.69, 9.17) is 9.47 Å². The van der Waals surface area contributed by atoms with Crippen molar-refractivity contribution in [3.63, 3.8) is 0 Å². The largest absolute Gasteiger partial charge is 0.474 e. The van der Waals surface area contributed by atoms with Gasteiger partial charge in [-0.05, 0) is 31.9 Å². The Hall–Kier alpha value is -2.64. The summed E-state index contributed by atoms with van der Waals surface area (Å²) in [5.74, 6) is 0.0802. The summed E-state index contributed by atoms with van der Waals surface area (Å²) in [6.45, 7) is 4.40. The van der Waals surface area contributed by atoms with E-state index in [9.17, 15) is 0 Å². The number of nitrogens with zero attached hydrogens (tertiary/aromatic N) is 3. The van der Waals surface area contributed by atoms with Gasteiger partial charge in [-0.1, -0.05) is 12.1 Å². The Bertz CT molecular complexity index is 782. The van der Waals surface area contributed by atoms with Gasteiger partial charge in [0.1, 0.15) is 6.10 Å². The number of aromatic nitrogens is 3.